The quantitative estimate of drug-likeness (QED) is 0.617. The predicted molar refractivity (Wildman–Crippen MR) is 85.1 cm³/mol. The molecule has 1 aromatic carbocycles. The minimum Gasteiger partial charge on any atom is -0.483 e. The van der Waals surface area contributed by atoms with E-state index in [1.165, 1.54) is 6.92 Å². The van der Waals surface area contributed by atoms with Crippen LogP contribution in [0.3, 0.4) is 0 Å². The third-order valence-corrected chi connectivity index (χ3v) is 3.65. The summed E-state index contributed by atoms with van der Waals surface area (Å²) >= 11 is 0. The lowest BCUT2D eigenvalue weighted by Gasteiger charge is -2.14. The SMILES string of the molecule is Cc1cccc(C)c1OCC(=O)NNC(=O)C(C)NS(C)(=O)=O. The summed E-state index contributed by atoms with van der Waals surface area (Å²) in [6.45, 7) is 4.80. The monoisotopic (exact) mass is 343 g/mol. The van der Waals surface area contributed by atoms with Crippen LogP contribution in [0.4, 0.5) is 0 Å². The van der Waals surface area contributed by atoms with E-state index in [9.17, 15) is 18.0 Å². The fourth-order valence-electron chi connectivity index (χ4n) is 1.81. The molecule has 0 aliphatic rings. The molecule has 8 nitrogen and oxygen atoms in total. The Labute approximate surface area is 135 Å². The Morgan fingerprint density at radius 3 is 2.26 bits per heavy atom. The van der Waals surface area contributed by atoms with Gasteiger partial charge in [0.2, 0.25) is 10.0 Å². The van der Waals surface area contributed by atoms with E-state index in [0.29, 0.717) is 5.75 Å². The normalized spacial score (nSPS) is 12.3. The Balaban J connectivity index is 2.44. The second-order valence-electron chi connectivity index (χ2n) is 5.16. The maximum Gasteiger partial charge on any atom is 0.276 e. The van der Waals surface area contributed by atoms with E-state index in [2.05, 4.69) is 15.6 Å². The molecule has 1 aromatic rings. The lowest BCUT2D eigenvalue weighted by Crippen LogP contribution is -2.51. The number of para-hydroxylation sites is 1. The predicted octanol–water partition coefficient (Wildman–Crippen LogP) is -0.233. The smallest absolute Gasteiger partial charge is 0.276 e. The minimum atomic E-state index is -3.51. The summed E-state index contributed by atoms with van der Waals surface area (Å²) in [6.07, 6.45) is 0.938. The fourth-order valence-corrected chi connectivity index (χ4v) is 2.56. The van der Waals surface area contributed by atoms with Crippen molar-refractivity contribution in [2.75, 3.05) is 12.9 Å². The summed E-state index contributed by atoms with van der Waals surface area (Å²) in [5, 5.41) is 0. The maximum atomic E-state index is 11.7. The molecule has 0 radical (unpaired) electrons. The number of rotatable bonds is 6. The Morgan fingerprint density at radius 1 is 1.17 bits per heavy atom. The minimum absolute atomic E-state index is 0.278. The van der Waals surface area contributed by atoms with E-state index in [-0.39, 0.29) is 6.61 Å². The second-order valence-corrected chi connectivity index (χ2v) is 6.94. The van der Waals surface area contributed by atoms with E-state index in [1.54, 1.807) is 0 Å². The van der Waals surface area contributed by atoms with Gasteiger partial charge in [0.05, 0.1) is 12.3 Å². The van der Waals surface area contributed by atoms with Crippen LogP contribution in [0.15, 0.2) is 18.2 Å². The topological polar surface area (TPSA) is 114 Å². The van der Waals surface area contributed by atoms with Crippen LogP contribution in [0.1, 0.15) is 18.1 Å². The van der Waals surface area contributed by atoms with Crippen molar-refractivity contribution in [2.24, 2.45) is 0 Å². The average Bonchev–Trinajstić information content (AvgIpc) is 2.42. The van der Waals surface area contributed by atoms with Crippen LogP contribution in [0.5, 0.6) is 5.75 Å². The molecule has 0 aliphatic carbocycles. The number of hydrogen-bond donors (Lipinski definition) is 3. The highest BCUT2D eigenvalue weighted by atomic mass is 32.2. The first-order valence-electron chi connectivity index (χ1n) is 6.85. The molecule has 0 aromatic heterocycles. The number of sulfonamides is 1. The summed E-state index contributed by atoms with van der Waals surface area (Å²) in [5.41, 5.74) is 6.08. The largest absolute Gasteiger partial charge is 0.483 e. The van der Waals surface area contributed by atoms with Gasteiger partial charge in [-0.2, -0.15) is 0 Å². The molecule has 0 saturated carbocycles. The number of carbonyl (C=O) groups is 2. The summed E-state index contributed by atoms with van der Waals surface area (Å²) < 4.78 is 29.5. The van der Waals surface area contributed by atoms with Gasteiger partial charge < -0.3 is 4.74 Å². The maximum absolute atomic E-state index is 11.7. The Morgan fingerprint density at radius 2 is 1.74 bits per heavy atom. The molecule has 0 spiro atoms. The lowest BCUT2D eigenvalue weighted by molar-refractivity contribution is -0.130. The molecule has 1 atom stereocenters. The lowest BCUT2D eigenvalue weighted by atomic mass is 10.1. The van der Waals surface area contributed by atoms with Crippen LogP contribution in [-0.2, 0) is 19.6 Å². The van der Waals surface area contributed by atoms with Gasteiger partial charge in [0.25, 0.3) is 11.8 Å². The molecular formula is C14H21N3O5S. The number of benzene rings is 1. The summed E-state index contributed by atoms with van der Waals surface area (Å²) in [6, 6.07) is 4.60. The summed E-state index contributed by atoms with van der Waals surface area (Å²) in [4.78, 5) is 23.3. The molecular weight excluding hydrogens is 322 g/mol. The third kappa shape index (κ3) is 6.66. The third-order valence-electron chi connectivity index (χ3n) is 2.87. The highest BCUT2D eigenvalue weighted by Crippen LogP contribution is 2.21. The zero-order chi connectivity index (χ0) is 17.6. The first kappa shape index (κ1) is 18.9. The van der Waals surface area contributed by atoms with E-state index < -0.39 is 27.9 Å². The van der Waals surface area contributed by atoms with E-state index in [1.807, 2.05) is 32.0 Å². The molecule has 0 saturated heterocycles. The van der Waals surface area contributed by atoms with Gasteiger partial charge in [0.1, 0.15) is 5.75 Å². The standard InChI is InChI=1S/C14H21N3O5S/c1-9-6-5-7-10(2)13(9)22-8-12(18)15-16-14(19)11(3)17-23(4,20)21/h5-7,11,17H,8H2,1-4H3,(H,15,18)(H,16,19). The highest BCUT2D eigenvalue weighted by Gasteiger charge is 2.17. The average molecular weight is 343 g/mol. The fraction of sp³-hybridized carbons (Fsp3) is 0.429. The molecule has 0 heterocycles. The van der Waals surface area contributed by atoms with Crippen molar-refractivity contribution in [3.63, 3.8) is 0 Å². The second kappa shape index (κ2) is 7.93. The van der Waals surface area contributed by atoms with Crippen molar-refractivity contribution in [1.29, 1.82) is 0 Å². The number of ether oxygens (including phenoxy) is 1. The molecule has 0 bridgehead atoms. The van der Waals surface area contributed by atoms with Gasteiger partial charge in [-0.05, 0) is 31.9 Å². The van der Waals surface area contributed by atoms with Crippen molar-refractivity contribution < 1.29 is 22.7 Å². The van der Waals surface area contributed by atoms with Crippen molar-refractivity contribution in [3.8, 4) is 5.75 Å². The Kier molecular flexibility index (Phi) is 6.52. The number of aryl methyl sites for hydroxylation is 2. The zero-order valence-corrected chi connectivity index (χ0v) is 14.3. The number of hydrogen-bond acceptors (Lipinski definition) is 5. The first-order chi connectivity index (χ1) is 10.6. The molecule has 128 valence electrons. The van der Waals surface area contributed by atoms with E-state index in [4.69, 9.17) is 4.74 Å². The zero-order valence-electron chi connectivity index (χ0n) is 13.5. The van der Waals surface area contributed by atoms with Gasteiger partial charge >= 0.3 is 0 Å². The van der Waals surface area contributed by atoms with Crippen LogP contribution < -0.4 is 20.3 Å². The molecule has 2 amide bonds. The molecule has 23 heavy (non-hydrogen) atoms. The van der Waals surface area contributed by atoms with Gasteiger partial charge in [-0.25, -0.2) is 13.1 Å². The van der Waals surface area contributed by atoms with Gasteiger partial charge in [-0.1, -0.05) is 18.2 Å². The Bertz CT molecular complexity index is 667. The van der Waals surface area contributed by atoms with Crippen molar-refractivity contribution in [1.82, 2.24) is 15.6 Å². The van der Waals surface area contributed by atoms with Gasteiger partial charge in [-0.15, -0.1) is 0 Å². The van der Waals surface area contributed by atoms with Gasteiger partial charge in [0.15, 0.2) is 6.61 Å². The van der Waals surface area contributed by atoms with E-state index >= 15 is 0 Å². The molecule has 0 fully saturated rings. The van der Waals surface area contributed by atoms with Crippen molar-refractivity contribution in [3.05, 3.63) is 29.3 Å². The van der Waals surface area contributed by atoms with Crippen LogP contribution in [0, 0.1) is 13.8 Å². The van der Waals surface area contributed by atoms with Crippen LogP contribution in [-0.4, -0.2) is 39.1 Å². The molecule has 3 N–H and O–H groups in total. The van der Waals surface area contributed by atoms with Gasteiger partial charge in [-0.3, -0.25) is 20.4 Å². The van der Waals surface area contributed by atoms with E-state index in [0.717, 1.165) is 17.4 Å². The number of carbonyl (C=O) groups excluding carboxylic acids is 2. The van der Waals surface area contributed by atoms with Crippen molar-refractivity contribution >= 4 is 21.8 Å². The molecule has 1 rings (SSSR count). The van der Waals surface area contributed by atoms with Crippen LogP contribution in [0.2, 0.25) is 0 Å². The molecule has 1 unspecified atom stereocenters. The van der Waals surface area contributed by atoms with Crippen LogP contribution in [0.25, 0.3) is 0 Å². The summed E-state index contributed by atoms with van der Waals surface area (Å²) in [5.74, 6) is -0.635. The van der Waals surface area contributed by atoms with Crippen molar-refractivity contribution in [2.45, 2.75) is 26.8 Å². The highest BCUT2D eigenvalue weighted by molar-refractivity contribution is 7.88. The van der Waals surface area contributed by atoms with Crippen LogP contribution >= 0.6 is 0 Å². The van der Waals surface area contributed by atoms with Gasteiger partial charge in [0, 0.05) is 0 Å². The number of hydrazine groups is 1. The first-order valence-corrected chi connectivity index (χ1v) is 8.74. The molecule has 9 heteroatoms. The number of amides is 2. The summed E-state index contributed by atoms with van der Waals surface area (Å²) in [7, 11) is -3.51. The molecule has 0 aliphatic heterocycles. The Hall–Kier alpha value is -2.13. The number of nitrogens with one attached hydrogen (secondary N) is 3.